The first-order chi connectivity index (χ1) is 12.9. The van der Waals surface area contributed by atoms with Gasteiger partial charge in [-0.3, -0.25) is 0 Å². The Bertz CT molecular complexity index is 958. The molecule has 140 valence electrons. The van der Waals surface area contributed by atoms with Crippen molar-refractivity contribution < 1.29 is 9.32 Å². The molecule has 3 aromatic rings. The van der Waals surface area contributed by atoms with Crippen molar-refractivity contribution >= 4 is 34.9 Å². The SMILES string of the molecule is Cc1ccc(NC(=O)N(C)CCc2noc(-c3ccccc3Cl)n2)cc1Cl. The lowest BCUT2D eigenvalue weighted by Crippen LogP contribution is -2.33. The molecule has 0 atom stereocenters. The van der Waals surface area contributed by atoms with Crippen LogP contribution < -0.4 is 5.32 Å². The molecular weight excluding hydrogens is 387 g/mol. The molecule has 0 fully saturated rings. The van der Waals surface area contributed by atoms with Gasteiger partial charge < -0.3 is 14.7 Å². The van der Waals surface area contributed by atoms with Crippen molar-refractivity contribution in [3.05, 3.63) is 63.9 Å². The minimum Gasteiger partial charge on any atom is -0.334 e. The minimum atomic E-state index is -0.246. The van der Waals surface area contributed by atoms with Gasteiger partial charge in [0.25, 0.3) is 5.89 Å². The molecule has 1 N–H and O–H groups in total. The predicted octanol–water partition coefficient (Wildman–Crippen LogP) is 5.06. The van der Waals surface area contributed by atoms with Crippen LogP contribution in [0.15, 0.2) is 47.0 Å². The van der Waals surface area contributed by atoms with Gasteiger partial charge in [-0.15, -0.1) is 0 Å². The fraction of sp³-hybridized carbons (Fsp3) is 0.211. The van der Waals surface area contributed by atoms with Crippen molar-refractivity contribution in [1.29, 1.82) is 0 Å². The van der Waals surface area contributed by atoms with E-state index in [1.54, 1.807) is 24.1 Å². The van der Waals surface area contributed by atoms with Crippen molar-refractivity contribution in [1.82, 2.24) is 15.0 Å². The molecule has 0 radical (unpaired) electrons. The first kappa shape index (κ1) is 19.2. The Kier molecular flexibility index (Phi) is 5.98. The van der Waals surface area contributed by atoms with Crippen molar-refractivity contribution in [2.45, 2.75) is 13.3 Å². The Labute approximate surface area is 167 Å². The van der Waals surface area contributed by atoms with Gasteiger partial charge in [0.2, 0.25) is 0 Å². The van der Waals surface area contributed by atoms with Crippen LogP contribution in [0.5, 0.6) is 0 Å². The number of benzene rings is 2. The van der Waals surface area contributed by atoms with Gasteiger partial charge >= 0.3 is 6.03 Å². The summed E-state index contributed by atoms with van der Waals surface area (Å²) in [5.74, 6) is 0.861. The number of carbonyl (C=O) groups excluding carboxylic acids is 1. The molecule has 0 aliphatic carbocycles. The van der Waals surface area contributed by atoms with Crippen LogP contribution in [-0.2, 0) is 6.42 Å². The van der Waals surface area contributed by atoms with Gasteiger partial charge in [-0.1, -0.05) is 46.6 Å². The van der Waals surface area contributed by atoms with Crippen LogP contribution in [0.1, 0.15) is 11.4 Å². The van der Waals surface area contributed by atoms with Crippen molar-refractivity contribution in [3.63, 3.8) is 0 Å². The van der Waals surface area contributed by atoms with Gasteiger partial charge in [-0.05, 0) is 36.8 Å². The molecule has 1 heterocycles. The Morgan fingerprint density at radius 3 is 2.70 bits per heavy atom. The fourth-order valence-electron chi connectivity index (χ4n) is 2.36. The normalized spacial score (nSPS) is 10.7. The number of amides is 2. The number of anilines is 1. The lowest BCUT2D eigenvalue weighted by atomic mass is 10.2. The van der Waals surface area contributed by atoms with E-state index in [9.17, 15) is 4.79 Å². The molecule has 2 aromatic carbocycles. The number of urea groups is 1. The Hall–Kier alpha value is -2.57. The van der Waals surface area contributed by atoms with Crippen LogP contribution >= 0.6 is 23.2 Å². The number of hydrogen-bond donors (Lipinski definition) is 1. The highest BCUT2D eigenvalue weighted by Gasteiger charge is 2.14. The molecule has 1 aromatic heterocycles. The van der Waals surface area contributed by atoms with Gasteiger partial charge in [0.15, 0.2) is 5.82 Å². The molecule has 0 unspecified atom stereocenters. The highest BCUT2D eigenvalue weighted by Crippen LogP contribution is 2.26. The number of halogens is 2. The van der Waals surface area contributed by atoms with E-state index in [1.807, 2.05) is 37.3 Å². The van der Waals surface area contributed by atoms with E-state index in [0.29, 0.717) is 46.0 Å². The lowest BCUT2D eigenvalue weighted by Gasteiger charge is -2.17. The summed E-state index contributed by atoms with van der Waals surface area (Å²) in [6.07, 6.45) is 0.451. The maximum atomic E-state index is 12.3. The predicted molar refractivity (Wildman–Crippen MR) is 106 cm³/mol. The summed E-state index contributed by atoms with van der Waals surface area (Å²) in [7, 11) is 1.69. The highest BCUT2D eigenvalue weighted by atomic mass is 35.5. The number of aryl methyl sites for hydroxylation is 1. The van der Waals surface area contributed by atoms with Gasteiger partial charge in [0.05, 0.1) is 10.6 Å². The molecule has 2 amide bonds. The molecule has 8 heteroatoms. The second-order valence-corrected chi connectivity index (χ2v) is 6.88. The maximum Gasteiger partial charge on any atom is 0.321 e. The summed E-state index contributed by atoms with van der Waals surface area (Å²) in [5, 5.41) is 7.90. The largest absolute Gasteiger partial charge is 0.334 e. The van der Waals surface area contributed by atoms with Crippen LogP contribution in [0.25, 0.3) is 11.5 Å². The van der Waals surface area contributed by atoms with Gasteiger partial charge in [-0.25, -0.2) is 4.79 Å². The van der Waals surface area contributed by atoms with Gasteiger partial charge in [-0.2, -0.15) is 4.98 Å². The summed E-state index contributed by atoms with van der Waals surface area (Å²) < 4.78 is 5.27. The van der Waals surface area contributed by atoms with Gasteiger partial charge in [0.1, 0.15) is 0 Å². The van der Waals surface area contributed by atoms with E-state index in [1.165, 1.54) is 0 Å². The Morgan fingerprint density at radius 2 is 1.96 bits per heavy atom. The molecule has 6 nitrogen and oxygen atoms in total. The number of hydrogen-bond acceptors (Lipinski definition) is 4. The number of nitrogens with one attached hydrogen (secondary N) is 1. The van der Waals surface area contributed by atoms with E-state index >= 15 is 0 Å². The molecule has 0 bridgehead atoms. The molecule has 3 rings (SSSR count). The van der Waals surface area contributed by atoms with Crippen LogP contribution in [0.2, 0.25) is 10.0 Å². The van der Waals surface area contributed by atoms with Crippen LogP contribution in [-0.4, -0.2) is 34.7 Å². The summed E-state index contributed by atoms with van der Waals surface area (Å²) in [6.45, 7) is 2.33. The number of aromatic nitrogens is 2. The quantitative estimate of drug-likeness (QED) is 0.644. The standard InChI is InChI=1S/C19H18Cl2N4O2/c1-12-7-8-13(11-16(12)21)22-19(26)25(2)10-9-17-23-18(27-24-17)14-5-3-4-6-15(14)20/h3-8,11H,9-10H2,1-2H3,(H,22,26). The van der Waals surface area contributed by atoms with E-state index in [-0.39, 0.29) is 6.03 Å². The van der Waals surface area contributed by atoms with E-state index in [4.69, 9.17) is 27.7 Å². The zero-order valence-electron chi connectivity index (χ0n) is 14.9. The maximum absolute atomic E-state index is 12.3. The summed E-state index contributed by atoms with van der Waals surface area (Å²) in [5.41, 5.74) is 2.28. The number of nitrogens with zero attached hydrogens (tertiary/aromatic N) is 3. The fourth-order valence-corrected chi connectivity index (χ4v) is 2.76. The Morgan fingerprint density at radius 1 is 1.19 bits per heavy atom. The van der Waals surface area contributed by atoms with E-state index < -0.39 is 0 Å². The molecular formula is C19H18Cl2N4O2. The summed E-state index contributed by atoms with van der Waals surface area (Å²) in [4.78, 5) is 18.2. The molecule has 27 heavy (non-hydrogen) atoms. The minimum absolute atomic E-state index is 0.246. The molecule has 0 saturated heterocycles. The van der Waals surface area contributed by atoms with Crippen molar-refractivity contribution in [3.8, 4) is 11.5 Å². The monoisotopic (exact) mass is 404 g/mol. The topological polar surface area (TPSA) is 71.3 Å². The Balaban J connectivity index is 1.57. The van der Waals surface area contributed by atoms with Crippen LogP contribution in [0, 0.1) is 6.92 Å². The summed E-state index contributed by atoms with van der Waals surface area (Å²) >= 11 is 12.2. The van der Waals surface area contributed by atoms with Gasteiger partial charge in [0, 0.05) is 30.7 Å². The zero-order valence-corrected chi connectivity index (χ0v) is 16.4. The average Bonchev–Trinajstić information content (AvgIpc) is 3.12. The van der Waals surface area contributed by atoms with Crippen molar-refractivity contribution in [2.24, 2.45) is 0 Å². The smallest absolute Gasteiger partial charge is 0.321 e. The van der Waals surface area contributed by atoms with E-state index in [0.717, 1.165) is 5.56 Å². The number of likely N-dealkylation sites (N-methyl/N-ethyl adjacent to an activating group) is 1. The highest BCUT2D eigenvalue weighted by molar-refractivity contribution is 6.33. The summed E-state index contributed by atoms with van der Waals surface area (Å²) in [6, 6.07) is 12.4. The lowest BCUT2D eigenvalue weighted by molar-refractivity contribution is 0.222. The second-order valence-electron chi connectivity index (χ2n) is 6.06. The first-order valence-corrected chi connectivity index (χ1v) is 9.05. The third-order valence-corrected chi connectivity index (χ3v) is 4.75. The first-order valence-electron chi connectivity index (χ1n) is 8.30. The number of carbonyl (C=O) groups is 1. The molecule has 0 aliphatic rings. The van der Waals surface area contributed by atoms with Crippen molar-refractivity contribution in [2.75, 3.05) is 18.9 Å². The zero-order chi connectivity index (χ0) is 19.4. The molecule has 0 saturated carbocycles. The third-order valence-electron chi connectivity index (χ3n) is 4.01. The van der Waals surface area contributed by atoms with Crippen LogP contribution in [0.4, 0.5) is 10.5 Å². The molecule has 0 spiro atoms. The van der Waals surface area contributed by atoms with E-state index in [2.05, 4.69) is 15.5 Å². The average molecular weight is 405 g/mol. The second kappa shape index (κ2) is 8.41. The van der Waals surface area contributed by atoms with Crippen LogP contribution in [0.3, 0.4) is 0 Å². The number of rotatable bonds is 5. The molecule has 0 aliphatic heterocycles. The third kappa shape index (κ3) is 4.78.